The highest BCUT2D eigenvalue weighted by Crippen LogP contribution is 2.20. The van der Waals surface area contributed by atoms with Gasteiger partial charge in [0.25, 0.3) is 0 Å². The molecule has 0 atom stereocenters. The SMILES string of the molecule is Cc1nc(NCCOC(N)=O)sc1C. The van der Waals surface area contributed by atoms with Gasteiger partial charge >= 0.3 is 6.09 Å². The van der Waals surface area contributed by atoms with Crippen LogP contribution in [0.3, 0.4) is 0 Å². The number of anilines is 1. The Labute approximate surface area is 86.3 Å². The van der Waals surface area contributed by atoms with Gasteiger partial charge in [-0.2, -0.15) is 0 Å². The van der Waals surface area contributed by atoms with Crippen molar-refractivity contribution in [3.8, 4) is 0 Å². The number of primary amides is 1. The molecule has 0 saturated carbocycles. The van der Waals surface area contributed by atoms with Gasteiger partial charge in [-0.25, -0.2) is 9.78 Å². The molecule has 1 rings (SSSR count). The fourth-order valence-corrected chi connectivity index (χ4v) is 1.70. The molecule has 0 aromatic carbocycles. The van der Waals surface area contributed by atoms with Crippen LogP contribution in [0.5, 0.6) is 0 Å². The summed E-state index contributed by atoms with van der Waals surface area (Å²) in [5.74, 6) is 0. The minimum Gasteiger partial charge on any atom is -0.448 e. The minimum atomic E-state index is -0.752. The van der Waals surface area contributed by atoms with E-state index in [0.29, 0.717) is 6.54 Å². The third-order valence-electron chi connectivity index (χ3n) is 1.65. The number of carbonyl (C=O) groups excluding carboxylic acids is 1. The third-order valence-corrected chi connectivity index (χ3v) is 2.68. The predicted molar refractivity (Wildman–Crippen MR) is 55.6 cm³/mol. The first kappa shape index (κ1) is 10.8. The fourth-order valence-electron chi connectivity index (χ4n) is 0.858. The van der Waals surface area contributed by atoms with E-state index in [1.807, 2.05) is 13.8 Å². The molecule has 0 saturated heterocycles. The molecule has 1 aromatic rings. The second-order valence-electron chi connectivity index (χ2n) is 2.75. The highest BCUT2D eigenvalue weighted by atomic mass is 32.1. The van der Waals surface area contributed by atoms with E-state index < -0.39 is 6.09 Å². The molecule has 78 valence electrons. The number of nitrogens with zero attached hydrogens (tertiary/aromatic N) is 1. The van der Waals surface area contributed by atoms with Crippen LogP contribution in [0.1, 0.15) is 10.6 Å². The zero-order valence-electron chi connectivity index (χ0n) is 8.16. The Bertz CT molecular complexity index is 305. The Morgan fingerprint density at radius 2 is 2.36 bits per heavy atom. The van der Waals surface area contributed by atoms with Crippen LogP contribution in [0.2, 0.25) is 0 Å². The van der Waals surface area contributed by atoms with Crippen molar-refractivity contribution in [1.29, 1.82) is 0 Å². The summed E-state index contributed by atoms with van der Waals surface area (Å²) in [5, 5.41) is 3.88. The van der Waals surface area contributed by atoms with Gasteiger partial charge < -0.3 is 15.8 Å². The highest BCUT2D eigenvalue weighted by molar-refractivity contribution is 7.15. The Hall–Kier alpha value is -1.30. The van der Waals surface area contributed by atoms with Crippen LogP contribution in [0.15, 0.2) is 0 Å². The maximum Gasteiger partial charge on any atom is 0.404 e. The molecule has 0 fully saturated rings. The third kappa shape index (κ3) is 3.21. The maximum absolute atomic E-state index is 10.2. The molecular weight excluding hydrogens is 202 g/mol. The highest BCUT2D eigenvalue weighted by Gasteiger charge is 2.02. The summed E-state index contributed by atoms with van der Waals surface area (Å²) in [6.07, 6.45) is -0.752. The number of ether oxygens (including phenoxy) is 1. The van der Waals surface area contributed by atoms with E-state index in [2.05, 4.69) is 15.0 Å². The summed E-state index contributed by atoms with van der Waals surface area (Å²) in [6.45, 7) is 4.75. The number of aromatic nitrogens is 1. The number of amides is 1. The maximum atomic E-state index is 10.2. The smallest absolute Gasteiger partial charge is 0.404 e. The molecule has 1 amide bonds. The van der Waals surface area contributed by atoms with Gasteiger partial charge in [0.15, 0.2) is 5.13 Å². The molecule has 0 unspecified atom stereocenters. The number of rotatable bonds is 4. The van der Waals surface area contributed by atoms with Crippen molar-refractivity contribution in [2.75, 3.05) is 18.5 Å². The summed E-state index contributed by atoms with van der Waals surface area (Å²) >= 11 is 1.58. The van der Waals surface area contributed by atoms with Crippen LogP contribution in [0, 0.1) is 13.8 Å². The molecule has 0 aliphatic heterocycles. The van der Waals surface area contributed by atoms with E-state index in [4.69, 9.17) is 5.73 Å². The lowest BCUT2D eigenvalue weighted by molar-refractivity contribution is 0.161. The Morgan fingerprint density at radius 3 is 2.86 bits per heavy atom. The van der Waals surface area contributed by atoms with Crippen molar-refractivity contribution in [3.05, 3.63) is 10.6 Å². The van der Waals surface area contributed by atoms with Crippen molar-refractivity contribution >= 4 is 22.6 Å². The van der Waals surface area contributed by atoms with Gasteiger partial charge in [0.2, 0.25) is 0 Å². The summed E-state index contributed by atoms with van der Waals surface area (Å²) in [6, 6.07) is 0. The Kier molecular flexibility index (Phi) is 3.70. The predicted octanol–water partition coefficient (Wildman–Crippen LogP) is 1.27. The van der Waals surface area contributed by atoms with Gasteiger partial charge in [-0.1, -0.05) is 0 Å². The molecule has 0 bridgehead atoms. The van der Waals surface area contributed by atoms with E-state index >= 15 is 0 Å². The van der Waals surface area contributed by atoms with E-state index in [0.717, 1.165) is 10.8 Å². The van der Waals surface area contributed by atoms with Gasteiger partial charge in [-0.05, 0) is 13.8 Å². The van der Waals surface area contributed by atoms with Crippen LogP contribution >= 0.6 is 11.3 Å². The van der Waals surface area contributed by atoms with Crippen molar-refractivity contribution < 1.29 is 9.53 Å². The average Bonchev–Trinajstić information content (AvgIpc) is 2.40. The van der Waals surface area contributed by atoms with Crippen molar-refractivity contribution in [2.45, 2.75) is 13.8 Å². The van der Waals surface area contributed by atoms with Gasteiger partial charge in [0, 0.05) is 4.88 Å². The molecule has 1 aromatic heterocycles. The van der Waals surface area contributed by atoms with Crippen molar-refractivity contribution in [3.63, 3.8) is 0 Å². The number of thiazole rings is 1. The van der Waals surface area contributed by atoms with Gasteiger partial charge in [0.05, 0.1) is 12.2 Å². The molecule has 0 spiro atoms. The molecule has 0 aliphatic carbocycles. The first-order chi connectivity index (χ1) is 6.59. The largest absolute Gasteiger partial charge is 0.448 e. The second kappa shape index (κ2) is 4.80. The monoisotopic (exact) mass is 215 g/mol. The second-order valence-corrected chi connectivity index (χ2v) is 3.96. The van der Waals surface area contributed by atoms with Gasteiger partial charge in [-0.3, -0.25) is 0 Å². The first-order valence-electron chi connectivity index (χ1n) is 4.19. The molecule has 3 N–H and O–H groups in total. The number of nitrogens with one attached hydrogen (secondary N) is 1. The van der Waals surface area contributed by atoms with Crippen LogP contribution in [-0.2, 0) is 4.74 Å². The normalized spacial score (nSPS) is 9.86. The zero-order valence-corrected chi connectivity index (χ0v) is 8.98. The van der Waals surface area contributed by atoms with E-state index in [1.54, 1.807) is 11.3 Å². The Balaban J connectivity index is 2.28. The van der Waals surface area contributed by atoms with E-state index in [1.165, 1.54) is 4.88 Å². The molecule has 1 heterocycles. The molecule has 0 radical (unpaired) electrons. The lowest BCUT2D eigenvalue weighted by Gasteiger charge is -2.01. The number of carbonyl (C=O) groups is 1. The first-order valence-corrected chi connectivity index (χ1v) is 5.01. The lowest BCUT2D eigenvalue weighted by atomic mass is 10.4. The number of nitrogens with two attached hydrogens (primary N) is 1. The van der Waals surface area contributed by atoms with Gasteiger partial charge in [-0.15, -0.1) is 11.3 Å². The molecule has 6 heteroatoms. The number of hydrogen-bond donors (Lipinski definition) is 2. The van der Waals surface area contributed by atoms with Gasteiger partial charge in [0.1, 0.15) is 6.61 Å². The van der Waals surface area contributed by atoms with Crippen molar-refractivity contribution in [1.82, 2.24) is 4.98 Å². The van der Waals surface area contributed by atoms with Crippen LogP contribution in [-0.4, -0.2) is 24.2 Å². The number of hydrogen-bond acceptors (Lipinski definition) is 5. The Morgan fingerprint density at radius 1 is 1.64 bits per heavy atom. The number of aryl methyl sites for hydroxylation is 2. The van der Waals surface area contributed by atoms with E-state index in [9.17, 15) is 4.79 Å². The summed E-state index contributed by atoms with van der Waals surface area (Å²) in [4.78, 5) is 15.7. The minimum absolute atomic E-state index is 0.257. The zero-order chi connectivity index (χ0) is 10.6. The molecule has 0 aliphatic rings. The van der Waals surface area contributed by atoms with Crippen LogP contribution < -0.4 is 11.1 Å². The average molecular weight is 215 g/mol. The van der Waals surface area contributed by atoms with Crippen molar-refractivity contribution in [2.24, 2.45) is 5.73 Å². The summed E-state index contributed by atoms with van der Waals surface area (Å²) in [7, 11) is 0. The quantitative estimate of drug-likeness (QED) is 0.741. The standard InChI is InChI=1S/C8H13N3O2S/c1-5-6(2)14-8(11-5)10-3-4-13-7(9)12/h3-4H2,1-2H3,(H2,9,12)(H,10,11). The lowest BCUT2D eigenvalue weighted by Crippen LogP contribution is -2.18. The topological polar surface area (TPSA) is 77.2 Å². The molecular formula is C8H13N3O2S. The molecule has 14 heavy (non-hydrogen) atoms. The summed E-state index contributed by atoms with van der Waals surface area (Å²) < 4.78 is 4.55. The van der Waals surface area contributed by atoms with E-state index in [-0.39, 0.29) is 6.61 Å². The molecule has 5 nitrogen and oxygen atoms in total. The summed E-state index contributed by atoms with van der Waals surface area (Å²) in [5.41, 5.74) is 5.82. The van der Waals surface area contributed by atoms with Crippen LogP contribution in [0.25, 0.3) is 0 Å². The van der Waals surface area contributed by atoms with Crippen LogP contribution in [0.4, 0.5) is 9.93 Å². The fraction of sp³-hybridized carbons (Fsp3) is 0.500.